The quantitative estimate of drug-likeness (QED) is 0.855. The molecule has 1 N–H and O–H groups in total. The van der Waals surface area contributed by atoms with E-state index in [0.29, 0.717) is 0 Å². The van der Waals surface area contributed by atoms with Crippen molar-refractivity contribution in [1.82, 2.24) is 0 Å². The molecule has 0 saturated heterocycles. The SMILES string of the molecule is COc1cc(NC(=O)CCl)cc(C(F)(F)F)c1. The van der Waals surface area contributed by atoms with E-state index in [2.05, 4.69) is 5.32 Å². The van der Waals surface area contributed by atoms with Crippen molar-refractivity contribution in [2.24, 2.45) is 0 Å². The van der Waals surface area contributed by atoms with Crippen molar-refractivity contribution < 1.29 is 22.7 Å². The lowest BCUT2D eigenvalue weighted by Crippen LogP contribution is -2.14. The molecule has 0 aliphatic carbocycles. The Morgan fingerprint density at radius 1 is 1.41 bits per heavy atom. The number of rotatable bonds is 3. The minimum Gasteiger partial charge on any atom is -0.497 e. The Labute approximate surface area is 101 Å². The fraction of sp³-hybridized carbons (Fsp3) is 0.300. The molecule has 0 fully saturated rings. The summed E-state index contributed by atoms with van der Waals surface area (Å²) in [5.41, 5.74) is -0.913. The summed E-state index contributed by atoms with van der Waals surface area (Å²) in [5, 5.41) is 2.23. The first-order chi connectivity index (χ1) is 7.86. The lowest BCUT2D eigenvalue weighted by Gasteiger charge is -2.11. The van der Waals surface area contributed by atoms with Crippen LogP contribution >= 0.6 is 11.6 Å². The zero-order valence-corrected chi connectivity index (χ0v) is 9.52. The molecule has 3 nitrogen and oxygen atoms in total. The number of carbonyl (C=O) groups is 1. The third-order valence-corrected chi connectivity index (χ3v) is 2.12. The number of ether oxygens (including phenoxy) is 1. The third-order valence-electron chi connectivity index (χ3n) is 1.87. The summed E-state index contributed by atoms with van der Waals surface area (Å²) in [6.07, 6.45) is -4.50. The van der Waals surface area contributed by atoms with Crippen molar-refractivity contribution in [3.63, 3.8) is 0 Å². The van der Waals surface area contributed by atoms with Crippen LogP contribution in [0.3, 0.4) is 0 Å². The minimum atomic E-state index is -4.50. The molecule has 0 aliphatic heterocycles. The van der Waals surface area contributed by atoms with E-state index >= 15 is 0 Å². The van der Waals surface area contributed by atoms with Gasteiger partial charge in [-0.3, -0.25) is 4.79 Å². The topological polar surface area (TPSA) is 38.3 Å². The normalized spacial score (nSPS) is 11.1. The van der Waals surface area contributed by atoms with Gasteiger partial charge in [0.25, 0.3) is 0 Å². The molecule has 0 atom stereocenters. The Kier molecular flexibility index (Phi) is 4.22. The Morgan fingerprint density at radius 2 is 2.06 bits per heavy atom. The summed E-state index contributed by atoms with van der Waals surface area (Å²) in [6.45, 7) is 0. The number of alkyl halides is 4. The average Bonchev–Trinajstić information content (AvgIpc) is 2.27. The molecule has 0 bridgehead atoms. The molecule has 7 heteroatoms. The molecule has 0 spiro atoms. The van der Waals surface area contributed by atoms with Crippen LogP contribution in [0.5, 0.6) is 5.75 Å². The van der Waals surface area contributed by atoms with Gasteiger partial charge in [-0.25, -0.2) is 0 Å². The number of hydrogen-bond donors (Lipinski definition) is 1. The first-order valence-electron chi connectivity index (χ1n) is 4.49. The van der Waals surface area contributed by atoms with E-state index in [-0.39, 0.29) is 17.3 Å². The van der Waals surface area contributed by atoms with Gasteiger partial charge in [0.1, 0.15) is 11.6 Å². The van der Waals surface area contributed by atoms with Gasteiger partial charge in [0.2, 0.25) is 5.91 Å². The zero-order valence-electron chi connectivity index (χ0n) is 8.77. The summed E-state index contributed by atoms with van der Waals surface area (Å²) in [7, 11) is 1.24. The van der Waals surface area contributed by atoms with E-state index in [1.54, 1.807) is 0 Å². The maximum Gasteiger partial charge on any atom is 0.416 e. The second-order valence-corrected chi connectivity index (χ2v) is 3.40. The van der Waals surface area contributed by atoms with Crippen LogP contribution in [0.4, 0.5) is 18.9 Å². The number of halogens is 4. The second-order valence-electron chi connectivity index (χ2n) is 3.13. The van der Waals surface area contributed by atoms with Gasteiger partial charge < -0.3 is 10.1 Å². The highest BCUT2D eigenvalue weighted by Gasteiger charge is 2.31. The molecule has 0 radical (unpaired) electrons. The smallest absolute Gasteiger partial charge is 0.416 e. The highest BCUT2D eigenvalue weighted by Crippen LogP contribution is 2.34. The molecule has 0 aliphatic rings. The number of nitrogens with one attached hydrogen (secondary N) is 1. The summed E-state index contributed by atoms with van der Waals surface area (Å²) in [4.78, 5) is 11.0. The lowest BCUT2D eigenvalue weighted by atomic mass is 10.2. The monoisotopic (exact) mass is 267 g/mol. The van der Waals surface area contributed by atoms with Crippen LogP contribution in [0, 0.1) is 0 Å². The van der Waals surface area contributed by atoms with Crippen molar-refractivity contribution in [2.75, 3.05) is 18.3 Å². The fourth-order valence-corrected chi connectivity index (χ4v) is 1.21. The van der Waals surface area contributed by atoms with Gasteiger partial charge >= 0.3 is 6.18 Å². The predicted molar refractivity (Wildman–Crippen MR) is 57.3 cm³/mol. The zero-order chi connectivity index (χ0) is 13.1. The van der Waals surface area contributed by atoms with Crippen LogP contribution in [0.2, 0.25) is 0 Å². The Hall–Kier alpha value is -1.43. The molecule has 0 heterocycles. The number of anilines is 1. The van der Waals surface area contributed by atoms with Crippen LogP contribution < -0.4 is 10.1 Å². The number of benzene rings is 1. The van der Waals surface area contributed by atoms with Gasteiger partial charge in [-0.15, -0.1) is 11.6 Å². The molecule has 94 valence electrons. The van der Waals surface area contributed by atoms with Crippen molar-refractivity contribution in [1.29, 1.82) is 0 Å². The largest absolute Gasteiger partial charge is 0.497 e. The summed E-state index contributed by atoms with van der Waals surface area (Å²) >= 11 is 5.24. The van der Waals surface area contributed by atoms with Crippen LogP contribution in [-0.2, 0) is 11.0 Å². The first-order valence-corrected chi connectivity index (χ1v) is 5.02. The predicted octanol–water partition coefficient (Wildman–Crippen LogP) is 2.89. The first kappa shape index (κ1) is 13.6. The number of methoxy groups -OCH3 is 1. The fourth-order valence-electron chi connectivity index (χ4n) is 1.15. The standard InChI is InChI=1S/C10H9ClF3NO2/c1-17-8-3-6(10(12,13)14)2-7(4-8)15-9(16)5-11/h2-4H,5H2,1H3,(H,15,16). The maximum absolute atomic E-state index is 12.5. The van der Waals surface area contributed by atoms with Gasteiger partial charge in [0.15, 0.2) is 0 Å². The van der Waals surface area contributed by atoms with Crippen molar-refractivity contribution in [3.8, 4) is 5.75 Å². The lowest BCUT2D eigenvalue weighted by molar-refractivity contribution is -0.137. The minimum absolute atomic E-state index is 0.00435. The van der Waals surface area contributed by atoms with Gasteiger partial charge in [0.05, 0.1) is 12.7 Å². The van der Waals surface area contributed by atoms with Crippen LogP contribution in [0.15, 0.2) is 18.2 Å². The van der Waals surface area contributed by atoms with Gasteiger partial charge in [-0.2, -0.15) is 13.2 Å². The molecule has 1 aromatic rings. The summed E-state index contributed by atoms with van der Waals surface area (Å²) in [6, 6.07) is 2.93. The van der Waals surface area contributed by atoms with Gasteiger partial charge in [-0.1, -0.05) is 0 Å². The summed E-state index contributed by atoms with van der Waals surface area (Å²) < 4.78 is 42.2. The molecular weight excluding hydrogens is 259 g/mol. The maximum atomic E-state index is 12.5. The summed E-state index contributed by atoms with van der Waals surface area (Å²) in [5.74, 6) is -0.920. The molecule has 17 heavy (non-hydrogen) atoms. The molecular formula is C10H9ClF3NO2. The Balaban J connectivity index is 3.10. The van der Waals surface area contributed by atoms with Crippen LogP contribution in [0.25, 0.3) is 0 Å². The van der Waals surface area contributed by atoms with Crippen molar-refractivity contribution >= 4 is 23.2 Å². The van der Waals surface area contributed by atoms with Gasteiger partial charge in [-0.05, 0) is 12.1 Å². The third kappa shape index (κ3) is 3.81. The number of hydrogen-bond acceptors (Lipinski definition) is 2. The number of carbonyl (C=O) groups excluding carboxylic acids is 1. The second kappa shape index (κ2) is 5.27. The van der Waals surface area contributed by atoms with E-state index < -0.39 is 17.6 Å². The van der Waals surface area contributed by atoms with Crippen LogP contribution in [-0.4, -0.2) is 18.9 Å². The Morgan fingerprint density at radius 3 is 2.53 bits per heavy atom. The number of amides is 1. The van der Waals surface area contributed by atoms with Gasteiger partial charge in [0, 0.05) is 11.8 Å². The average molecular weight is 268 g/mol. The van der Waals surface area contributed by atoms with E-state index in [0.717, 1.165) is 12.1 Å². The molecule has 1 rings (SSSR count). The molecule has 1 amide bonds. The molecule has 0 unspecified atom stereocenters. The van der Waals surface area contributed by atoms with E-state index in [1.807, 2.05) is 0 Å². The van der Waals surface area contributed by atoms with E-state index in [9.17, 15) is 18.0 Å². The van der Waals surface area contributed by atoms with Crippen molar-refractivity contribution in [3.05, 3.63) is 23.8 Å². The van der Waals surface area contributed by atoms with Crippen LogP contribution in [0.1, 0.15) is 5.56 Å². The molecule has 0 saturated carbocycles. The highest BCUT2D eigenvalue weighted by atomic mass is 35.5. The highest BCUT2D eigenvalue weighted by molar-refractivity contribution is 6.29. The van der Waals surface area contributed by atoms with E-state index in [4.69, 9.17) is 16.3 Å². The molecule has 0 aromatic heterocycles. The van der Waals surface area contributed by atoms with Crippen molar-refractivity contribution in [2.45, 2.75) is 6.18 Å². The van der Waals surface area contributed by atoms with E-state index in [1.165, 1.54) is 13.2 Å². The molecule has 1 aromatic carbocycles. The Bertz CT molecular complexity index is 421.